The van der Waals surface area contributed by atoms with E-state index in [-0.39, 0.29) is 17.4 Å². The number of sulfone groups is 1. The van der Waals surface area contributed by atoms with Gasteiger partial charge in [0, 0.05) is 19.6 Å². The quantitative estimate of drug-likeness (QED) is 0.569. The zero-order valence-corrected chi connectivity index (χ0v) is 12.3. The van der Waals surface area contributed by atoms with E-state index in [1.165, 1.54) is 0 Å². The molecule has 0 aromatic heterocycles. The smallest absolute Gasteiger partial charge is 0.158 e. The van der Waals surface area contributed by atoms with Crippen LogP contribution in [0.15, 0.2) is 0 Å². The second-order valence-electron chi connectivity index (χ2n) is 4.26. The summed E-state index contributed by atoms with van der Waals surface area (Å²) in [6.45, 7) is 8.79. The van der Waals surface area contributed by atoms with Gasteiger partial charge >= 0.3 is 0 Å². The molecule has 0 saturated heterocycles. The van der Waals surface area contributed by atoms with Gasteiger partial charge in [-0.15, -0.1) is 0 Å². The first kappa shape index (κ1) is 16.9. The summed E-state index contributed by atoms with van der Waals surface area (Å²) in [6.07, 6.45) is 0.914. The highest BCUT2D eigenvalue weighted by molar-refractivity contribution is 7.91. The molecule has 0 bridgehead atoms. The van der Waals surface area contributed by atoms with Crippen molar-refractivity contribution in [2.75, 3.05) is 24.7 Å². The fourth-order valence-electron chi connectivity index (χ4n) is 1.50. The number of ether oxygens (including phenoxy) is 2. The molecule has 0 rings (SSSR count). The zero-order chi connectivity index (χ0) is 13.3. The number of hydrogen-bond acceptors (Lipinski definition) is 4. The lowest BCUT2D eigenvalue weighted by atomic mass is 10.2. The van der Waals surface area contributed by atoms with Gasteiger partial charge in [-0.25, -0.2) is 8.42 Å². The van der Waals surface area contributed by atoms with E-state index in [2.05, 4.69) is 0 Å². The Kier molecular flexibility index (Phi) is 8.82. The molecule has 5 heteroatoms. The highest BCUT2D eigenvalue weighted by Crippen LogP contribution is 2.10. The van der Waals surface area contributed by atoms with Crippen molar-refractivity contribution >= 4 is 9.84 Å². The van der Waals surface area contributed by atoms with E-state index < -0.39 is 16.1 Å². The molecular formula is C12H26O4S. The molecule has 0 aliphatic heterocycles. The summed E-state index contributed by atoms with van der Waals surface area (Å²) in [5.74, 6) is 0.619. The molecule has 0 N–H and O–H groups in total. The van der Waals surface area contributed by atoms with Crippen LogP contribution < -0.4 is 0 Å². The van der Waals surface area contributed by atoms with Gasteiger partial charge in [0.25, 0.3) is 0 Å². The second kappa shape index (κ2) is 8.89. The SMILES string of the molecule is CCOC(CCS(=O)(=O)CC(C)CC)OCC. The standard InChI is InChI=1S/C12H26O4S/c1-5-11(4)10-17(13,14)9-8-12(15-6-2)16-7-3/h11-12H,5-10H2,1-4H3. The van der Waals surface area contributed by atoms with Crippen LogP contribution in [-0.4, -0.2) is 39.4 Å². The molecule has 0 spiro atoms. The second-order valence-corrected chi connectivity index (χ2v) is 6.49. The lowest BCUT2D eigenvalue weighted by Crippen LogP contribution is -2.24. The van der Waals surface area contributed by atoms with E-state index in [0.717, 1.165) is 6.42 Å². The fraction of sp³-hybridized carbons (Fsp3) is 1.00. The molecule has 0 aromatic carbocycles. The predicted octanol–water partition coefficient (Wildman–Crippen LogP) is 2.24. The van der Waals surface area contributed by atoms with Crippen LogP contribution in [-0.2, 0) is 19.3 Å². The average molecular weight is 266 g/mol. The van der Waals surface area contributed by atoms with E-state index in [1.54, 1.807) is 0 Å². The van der Waals surface area contributed by atoms with Gasteiger partial charge in [0.1, 0.15) is 0 Å². The molecule has 0 radical (unpaired) electrons. The minimum Gasteiger partial charge on any atom is -0.353 e. The molecule has 104 valence electrons. The van der Waals surface area contributed by atoms with Crippen LogP contribution in [0.3, 0.4) is 0 Å². The van der Waals surface area contributed by atoms with Crippen LogP contribution in [0.5, 0.6) is 0 Å². The van der Waals surface area contributed by atoms with Gasteiger partial charge in [0.05, 0.1) is 11.5 Å². The summed E-state index contributed by atoms with van der Waals surface area (Å²) in [5.41, 5.74) is 0. The summed E-state index contributed by atoms with van der Waals surface area (Å²) in [4.78, 5) is 0. The molecule has 4 nitrogen and oxygen atoms in total. The minimum absolute atomic E-state index is 0.141. The molecule has 0 saturated carbocycles. The van der Waals surface area contributed by atoms with Gasteiger partial charge < -0.3 is 9.47 Å². The maximum Gasteiger partial charge on any atom is 0.158 e. The Bertz CT molecular complexity index is 268. The van der Waals surface area contributed by atoms with Crippen molar-refractivity contribution in [3.05, 3.63) is 0 Å². The number of rotatable bonds is 10. The molecule has 0 fully saturated rings. The van der Waals surface area contributed by atoms with Gasteiger partial charge in [-0.05, 0) is 19.8 Å². The van der Waals surface area contributed by atoms with Crippen LogP contribution in [0.2, 0.25) is 0 Å². The third-order valence-electron chi connectivity index (χ3n) is 2.61. The summed E-state index contributed by atoms with van der Waals surface area (Å²) >= 11 is 0. The van der Waals surface area contributed by atoms with Crippen molar-refractivity contribution < 1.29 is 17.9 Å². The Morgan fingerprint density at radius 3 is 2.00 bits per heavy atom. The highest BCUT2D eigenvalue weighted by Gasteiger charge is 2.18. The normalized spacial score (nSPS) is 14.2. The summed E-state index contributed by atoms with van der Waals surface area (Å²) < 4.78 is 34.2. The Morgan fingerprint density at radius 2 is 1.59 bits per heavy atom. The van der Waals surface area contributed by atoms with Crippen molar-refractivity contribution in [2.24, 2.45) is 5.92 Å². The first-order valence-electron chi connectivity index (χ1n) is 6.38. The third-order valence-corrected chi connectivity index (χ3v) is 4.54. The van der Waals surface area contributed by atoms with E-state index in [0.29, 0.717) is 19.6 Å². The van der Waals surface area contributed by atoms with Crippen LogP contribution in [0, 0.1) is 5.92 Å². The molecule has 0 aliphatic carbocycles. The molecular weight excluding hydrogens is 240 g/mol. The molecule has 0 heterocycles. The molecule has 17 heavy (non-hydrogen) atoms. The van der Waals surface area contributed by atoms with Gasteiger partial charge in [0.15, 0.2) is 16.1 Å². The van der Waals surface area contributed by atoms with E-state index in [4.69, 9.17) is 9.47 Å². The maximum atomic E-state index is 11.8. The molecule has 0 amide bonds. The Labute approximate surface area is 106 Å². The summed E-state index contributed by atoms with van der Waals surface area (Å²) in [5, 5.41) is 0. The van der Waals surface area contributed by atoms with Crippen LogP contribution in [0.4, 0.5) is 0 Å². The van der Waals surface area contributed by atoms with Gasteiger partial charge in [-0.3, -0.25) is 0 Å². The predicted molar refractivity (Wildman–Crippen MR) is 69.8 cm³/mol. The Hall–Kier alpha value is -0.130. The Morgan fingerprint density at radius 1 is 1.06 bits per heavy atom. The zero-order valence-electron chi connectivity index (χ0n) is 11.4. The largest absolute Gasteiger partial charge is 0.353 e. The summed E-state index contributed by atoms with van der Waals surface area (Å²) in [7, 11) is -2.98. The molecule has 1 unspecified atom stereocenters. The Balaban J connectivity index is 4.13. The topological polar surface area (TPSA) is 52.6 Å². The van der Waals surface area contributed by atoms with E-state index in [9.17, 15) is 8.42 Å². The lowest BCUT2D eigenvalue weighted by molar-refractivity contribution is -0.136. The van der Waals surface area contributed by atoms with E-state index in [1.807, 2.05) is 27.7 Å². The van der Waals surface area contributed by atoms with E-state index >= 15 is 0 Å². The van der Waals surface area contributed by atoms with Crippen molar-refractivity contribution in [1.82, 2.24) is 0 Å². The lowest BCUT2D eigenvalue weighted by Gasteiger charge is -2.17. The fourth-order valence-corrected chi connectivity index (χ4v) is 3.32. The van der Waals surface area contributed by atoms with Crippen LogP contribution in [0.25, 0.3) is 0 Å². The average Bonchev–Trinajstić information content (AvgIpc) is 2.26. The van der Waals surface area contributed by atoms with Gasteiger partial charge in [-0.1, -0.05) is 20.3 Å². The van der Waals surface area contributed by atoms with Gasteiger partial charge in [-0.2, -0.15) is 0 Å². The van der Waals surface area contributed by atoms with Crippen molar-refractivity contribution in [1.29, 1.82) is 0 Å². The van der Waals surface area contributed by atoms with Crippen molar-refractivity contribution in [2.45, 2.75) is 46.8 Å². The minimum atomic E-state index is -2.98. The maximum absolute atomic E-state index is 11.8. The van der Waals surface area contributed by atoms with Crippen LogP contribution >= 0.6 is 0 Å². The molecule has 1 atom stereocenters. The van der Waals surface area contributed by atoms with Gasteiger partial charge in [0.2, 0.25) is 0 Å². The highest BCUT2D eigenvalue weighted by atomic mass is 32.2. The first-order valence-corrected chi connectivity index (χ1v) is 8.20. The molecule has 0 aromatic rings. The van der Waals surface area contributed by atoms with Crippen molar-refractivity contribution in [3.8, 4) is 0 Å². The van der Waals surface area contributed by atoms with Crippen LogP contribution in [0.1, 0.15) is 40.5 Å². The monoisotopic (exact) mass is 266 g/mol. The number of hydrogen-bond donors (Lipinski definition) is 0. The summed E-state index contributed by atoms with van der Waals surface area (Å²) in [6, 6.07) is 0. The molecule has 0 aliphatic rings. The van der Waals surface area contributed by atoms with Crippen molar-refractivity contribution in [3.63, 3.8) is 0 Å². The first-order chi connectivity index (χ1) is 7.95. The third kappa shape index (κ3) is 8.57.